The van der Waals surface area contributed by atoms with Gasteiger partial charge in [0.05, 0.1) is 6.57 Å². The van der Waals surface area contributed by atoms with E-state index in [1.807, 2.05) is 36.4 Å². The van der Waals surface area contributed by atoms with Gasteiger partial charge in [-0.3, -0.25) is 19.1 Å². The van der Waals surface area contributed by atoms with E-state index in [4.69, 9.17) is 11.0 Å². The molecule has 0 fully saturated rings. The van der Waals surface area contributed by atoms with Gasteiger partial charge in [0.2, 0.25) is 11.5 Å². The molecule has 9 nitrogen and oxygen atoms in total. The lowest BCUT2D eigenvalue weighted by molar-refractivity contribution is -0.140. The highest BCUT2D eigenvalue weighted by atomic mass is 16.4. The number of carbonyl (C=O) groups is 2. The largest absolute Gasteiger partial charge is 0.416 e. The van der Waals surface area contributed by atoms with Gasteiger partial charge in [0.15, 0.2) is 5.69 Å². The fourth-order valence-corrected chi connectivity index (χ4v) is 4.06. The van der Waals surface area contributed by atoms with Crippen LogP contribution < -0.4 is 0 Å². The number of imidazole rings is 1. The molecule has 2 aromatic carbocycles. The van der Waals surface area contributed by atoms with Crippen molar-refractivity contribution >= 4 is 34.9 Å². The molecule has 0 aliphatic carbocycles. The average Bonchev–Trinajstić information content (AvgIpc) is 3.45. The summed E-state index contributed by atoms with van der Waals surface area (Å²) < 4.78 is 7.70. The van der Waals surface area contributed by atoms with Crippen molar-refractivity contribution in [3.8, 4) is 23.2 Å². The Bertz CT molecular complexity index is 1680. The predicted octanol–water partition coefficient (Wildman–Crippen LogP) is 4.84. The molecule has 0 saturated carbocycles. The Morgan fingerprint density at radius 2 is 1.81 bits per heavy atom. The van der Waals surface area contributed by atoms with Gasteiger partial charge in [-0.2, -0.15) is 15.2 Å². The maximum absolute atomic E-state index is 13.1. The molecule has 1 aliphatic rings. The second-order valence-corrected chi connectivity index (χ2v) is 7.97. The Balaban J connectivity index is 1.71. The van der Waals surface area contributed by atoms with Gasteiger partial charge in [-0.15, -0.1) is 0 Å². The van der Waals surface area contributed by atoms with Crippen LogP contribution in [0.3, 0.4) is 0 Å². The molecule has 0 saturated heterocycles. The van der Waals surface area contributed by atoms with Crippen molar-refractivity contribution in [3.63, 3.8) is 0 Å². The lowest BCUT2D eigenvalue weighted by Crippen LogP contribution is -2.42. The zero-order chi connectivity index (χ0) is 25.4. The highest BCUT2D eigenvalue weighted by Gasteiger charge is 2.35. The van der Waals surface area contributed by atoms with E-state index in [2.05, 4.69) is 14.8 Å². The van der Waals surface area contributed by atoms with Crippen LogP contribution in [0.1, 0.15) is 19.7 Å². The molecule has 0 unspecified atom stereocenters. The van der Waals surface area contributed by atoms with Crippen molar-refractivity contribution in [2.45, 2.75) is 13.8 Å². The Hall–Kier alpha value is -5.28. The number of rotatable bonds is 4. The first-order valence-electron chi connectivity index (χ1n) is 11.1. The molecule has 2 aromatic heterocycles. The van der Waals surface area contributed by atoms with Crippen LogP contribution in [-0.4, -0.2) is 37.8 Å². The molecule has 0 N–H and O–H groups in total. The first-order valence-corrected chi connectivity index (χ1v) is 11.1. The summed E-state index contributed by atoms with van der Waals surface area (Å²) in [6.07, 6.45) is 1.55. The number of para-hydroxylation sites is 1. The van der Waals surface area contributed by atoms with Crippen molar-refractivity contribution in [2.24, 2.45) is 0 Å². The zero-order valence-electron chi connectivity index (χ0n) is 19.4. The van der Waals surface area contributed by atoms with Crippen LogP contribution in [0.25, 0.3) is 39.4 Å². The minimum atomic E-state index is -0.602. The summed E-state index contributed by atoms with van der Waals surface area (Å²) in [5.74, 6) is -0.392. The lowest BCUT2D eigenvalue weighted by atomic mass is 9.95. The van der Waals surface area contributed by atoms with Crippen LogP contribution in [0.2, 0.25) is 0 Å². The first kappa shape index (κ1) is 22.5. The number of oxazole rings is 1. The maximum atomic E-state index is 13.1. The molecule has 0 atom stereocenters. The predicted molar refractivity (Wildman–Crippen MR) is 132 cm³/mol. The van der Waals surface area contributed by atoms with Gasteiger partial charge in [0.1, 0.15) is 17.5 Å². The van der Waals surface area contributed by atoms with Gasteiger partial charge in [-0.25, -0.2) is 4.85 Å². The van der Waals surface area contributed by atoms with E-state index in [9.17, 15) is 14.9 Å². The Morgan fingerprint density at radius 3 is 2.44 bits per heavy atom. The fraction of sp³-hybridized carbons (Fsp3) is 0.111. The Labute approximate surface area is 206 Å². The average molecular weight is 474 g/mol. The number of nitrogens with zero attached hydrogens (tertiary/aromatic N) is 6. The monoisotopic (exact) mass is 474 g/mol. The maximum Gasteiger partial charge on any atom is 0.271 e. The van der Waals surface area contributed by atoms with Gasteiger partial charge in [-0.05, 0) is 37.6 Å². The van der Waals surface area contributed by atoms with Crippen molar-refractivity contribution < 1.29 is 14.0 Å². The SMILES string of the molecule is [C-]#[N+]c1ccc(-c2nc3c(nc(/C=C4\C(=O)N(CC)C(=O)C(C#N)=C4C)n3-c3ccccc3)o2)cc1. The molecule has 0 bridgehead atoms. The molecule has 1 aliphatic heterocycles. The second-order valence-electron chi connectivity index (χ2n) is 7.97. The van der Waals surface area contributed by atoms with E-state index >= 15 is 0 Å². The molecule has 36 heavy (non-hydrogen) atoms. The summed E-state index contributed by atoms with van der Waals surface area (Å²) in [6.45, 7) is 10.5. The normalized spacial score (nSPS) is 15.0. The fourth-order valence-electron chi connectivity index (χ4n) is 4.06. The Morgan fingerprint density at radius 1 is 1.08 bits per heavy atom. The van der Waals surface area contributed by atoms with E-state index in [0.29, 0.717) is 34.2 Å². The van der Waals surface area contributed by atoms with Crippen LogP contribution >= 0.6 is 0 Å². The van der Waals surface area contributed by atoms with Crippen LogP contribution in [-0.2, 0) is 9.59 Å². The number of fused-ring (bicyclic) bond motifs is 1. The smallest absolute Gasteiger partial charge is 0.271 e. The first-order chi connectivity index (χ1) is 17.5. The third-order valence-corrected chi connectivity index (χ3v) is 5.92. The topological polar surface area (TPSA) is 109 Å². The van der Waals surface area contributed by atoms with E-state index in [1.165, 1.54) is 0 Å². The number of aromatic nitrogens is 3. The zero-order valence-corrected chi connectivity index (χ0v) is 19.4. The van der Waals surface area contributed by atoms with E-state index in [1.54, 1.807) is 48.8 Å². The number of likely N-dealkylation sites (N-methyl/N-ethyl adjacent to an activating group) is 1. The summed E-state index contributed by atoms with van der Waals surface area (Å²) >= 11 is 0. The second kappa shape index (κ2) is 8.82. The van der Waals surface area contributed by atoms with Crippen LogP contribution in [0.15, 0.2) is 75.7 Å². The molecular weight excluding hydrogens is 456 g/mol. The van der Waals surface area contributed by atoms with Gasteiger partial charge in [-0.1, -0.05) is 42.5 Å². The van der Waals surface area contributed by atoms with Gasteiger partial charge < -0.3 is 4.42 Å². The van der Waals surface area contributed by atoms with Crippen LogP contribution in [0.4, 0.5) is 5.69 Å². The number of hydrogen-bond acceptors (Lipinski definition) is 6. The number of amides is 2. The molecule has 2 amide bonds. The van der Waals surface area contributed by atoms with Crippen LogP contribution in [0.5, 0.6) is 0 Å². The highest BCUT2D eigenvalue weighted by Crippen LogP contribution is 2.31. The van der Waals surface area contributed by atoms with Crippen molar-refractivity contribution in [1.29, 1.82) is 5.26 Å². The standard InChI is InChI=1S/C27H18N6O3/c1-4-32-26(34)20(16(2)21(15-28)27(32)35)14-22-30-25-23(33(22)19-8-6-5-7-9-19)31-24(36-25)17-10-12-18(29-3)13-11-17/h5-14H,4H2,1-2H3/b20-14-. The molecule has 0 radical (unpaired) electrons. The number of hydrogen-bond donors (Lipinski definition) is 0. The number of benzene rings is 2. The third kappa shape index (κ3) is 3.56. The molecule has 174 valence electrons. The van der Waals surface area contributed by atoms with Crippen molar-refractivity contribution in [2.75, 3.05) is 6.54 Å². The minimum absolute atomic E-state index is 0.0764. The molecule has 5 rings (SSSR count). The summed E-state index contributed by atoms with van der Waals surface area (Å²) in [7, 11) is 0. The highest BCUT2D eigenvalue weighted by molar-refractivity contribution is 6.19. The summed E-state index contributed by atoms with van der Waals surface area (Å²) in [6, 6.07) is 18.1. The van der Waals surface area contributed by atoms with Crippen molar-refractivity contribution in [3.05, 3.63) is 88.6 Å². The van der Waals surface area contributed by atoms with E-state index < -0.39 is 11.8 Å². The third-order valence-electron chi connectivity index (χ3n) is 5.92. The quantitative estimate of drug-likeness (QED) is 0.238. The summed E-state index contributed by atoms with van der Waals surface area (Å²) in [5, 5.41) is 9.54. The van der Waals surface area contributed by atoms with Gasteiger partial charge in [0, 0.05) is 23.4 Å². The summed E-state index contributed by atoms with van der Waals surface area (Å²) in [5.41, 5.74) is 3.05. The van der Waals surface area contributed by atoms with Crippen LogP contribution in [0, 0.1) is 17.9 Å². The molecule has 4 aromatic rings. The number of imide groups is 1. The van der Waals surface area contributed by atoms with Crippen molar-refractivity contribution in [1.82, 2.24) is 19.4 Å². The number of carbonyl (C=O) groups excluding carboxylic acids is 2. The Kier molecular flexibility index (Phi) is 5.51. The number of nitriles is 1. The molecule has 9 heteroatoms. The van der Waals surface area contributed by atoms with E-state index in [0.717, 1.165) is 10.6 Å². The van der Waals surface area contributed by atoms with Gasteiger partial charge >= 0.3 is 0 Å². The molecule has 0 spiro atoms. The minimum Gasteiger partial charge on any atom is -0.416 e. The van der Waals surface area contributed by atoms with E-state index in [-0.39, 0.29) is 23.4 Å². The lowest BCUT2D eigenvalue weighted by Gasteiger charge is -2.26. The summed E-state index contributed by atoms with van der Waals surface area (Å²) in [4.78, 5) is 39.4. The molecular formula is C27H18N6O3. The molecule has 3 heterocycles. The van der Waals surface area contributed by atoms with Gasteiger partial charge in [0.25, 0.3) is 17.5 Å².